The molecule has 0 atom stereocenters. The number of benzene rings is 1. The molecule has 9 nitrogen and oxygen atoms in total. The summed E-state index contributed by atoms with van der Waals surface area (Å²) in [7, 11) is 0. The molecule has 0 radical (unpaired) electrons. The summed E-state index contributed by atoms with van der Waals surface area (Å²) in [5.41, 5.74) is 1.38. The molecule has 112 valence electrons. The number of rotatable bonds is 6. The number of anilines is 1. The second kappa shape index (κ2) is 7.51. The van der Waals surface area contributed by atoms with Crippen LogP contribution in [0.2, 0.25) is 0 Å². The number of nitrogens with zero attached hydrogens (tertiary/aromatic N) is 4. The van der Waals surface area contributed by atoms with E-state index in [1.165, 1.54) is 6.20 Å². The Labute approximate surface area is 125 Å². The van der Waals surface area contributed by atoms with Gasteiger partial charge in [0.2, 0.25) is 5.82 Å². The molecule has 1 heterocycles. The van der Waals surface area contributed by atoms with Gasteiger partial charge in [0.15, 0.2) is 0 Å². The lowest BCUT2D eigenvalue weighted by molar-refractivity contribution is 0.0945. The van der Waals surface area contributed by atoms with Gasteiger partial charge in [-0.05, 0) is 29.5 Å². The van der Waals surface area contributed by atoms with Crippen LogP contribution >= 0.6 is 0 Å². The van der Waals surface area contributed by atoms with Crippen molar-refractivity contribution in [1.82, 2.24) is 25.9 Å². The third-order valence-corrected chi connectivity index (χ3v) is 2.63. The minimum Gasteiger partial charge on any atom is -0.395 e. The number of aromatic amines is 1. The second-order valence-electron chi connectivity index (χ2n) is 4.11. The molecule has 0 unspecified atom stereocenters. The van der Waals surface area contributed by atoms with Crippen LogP contribution in [0.3, 0.4) is 0 Å². The topological polar surface area (TPSA) is 140 Å². The van der Waals surface area contributed by atoms with E-state index in [-0.39, 0.29) is 30.5 Å². The van der Waals surface area contributed by atoms with Gasteiger partial charge in [0.25, 0.3) is 5.91 Å². The minimum absolute atomic E-state index is 0.108. The highest BCUT2D eigenvalue weighted by Crippen LogP contribution is 2.12. The summed E-state index contributed by atoms with van der Waals surface area (Å²) in [6.45, 7) is 0.0982. The zero-order chi connectivity index (χ0) is 15.8. The van der Waals surface area contributed by atoms with Gasteiger partial charge in [-0.15, -0.1) is 10.2 Å². The maximum atomic E-state index is 11.7. The molecule has 1 aromatic carbocycles. The predicted molar refractivity (Wildman–Crippen MR) is 77.3 cm³/mol. The molecule has 0 saturated heterocycles. The van der Waals surface area contributed by atoms with Crippen molar-refractivity contribution in [3.63, 3.8) is 0 Å². The average molecular weight is 299 g/mol. The number of carbonyl (C=O) groups excluding carboxylic acids is 1. The van der Waals surface area contributed by atoms with Crippen LogP contribution < -0.4 is 10.6 Å². The van der Waals surface area contributed by atoms with Gasteiger partial charge in [-0.2, -0.15) is 10.5 Å². The molecule has 0 bridgehead atoms. The summed E-state index contributed by atoms with van der Waals surface area (Å²) in [6.07, 6.45) is 1.45. The minimum atomic E-state index is -0.263. The van der Waals surface area contributed by atoms with Crippen LogP contribution in [0, 0.1) is 11.3 Å². The van der Waals surface area contributed by atoms with Gasteiger partial charge >= 0.3 is 0 Å². The first-order valence-corrected chi connectivity index (χ1v) is 6.34. The van der Waals surface area contributed by atoms with E-state index in [4.69, 9.17) is 10.4 Å². The highest BCUT2D eigenvalue weighted by Gasteiger charge is 2.06. The van der Waals surface area contributed by atoms with Crippen LogP contribution in [0.25, 0.3) is 5.57 Å². The number of aromatic nitrogens is 4. The lowest BCUT2D eigenvalue weighted by atomic mass is 10.2. The Balaban J connectivity index is 2.02. The number of hydrogen-bond donors (Lipinski definition) is 4. The Bertz CT molecular complexity index is 686. The van der Waals surface area contributed by atoms with Gasteiger partial charge in [0.1, 0.15) is 11.6 Å². The third-order valence-electron chi connectivity index (χ3n) is 2.63. The van der Waals surface area contributed by atoms with Gasteiger partial charge in [-0.3, -0.25) is 4.79 Å². The van der Waals surface area contributed by atoms with Crippen molar-refractivity contribution in [2.45, 2.75) is 0 Å². The van der Waals surface area contributed by atoms with Crippen molar-refractivity contribution < 1.29 is 9.90 Å². The maximum absolute atomic E-state index is 11.7. The van der Waals surface area contributed by atoms with Crippen molar-refractivity contribution in [1.29, 1.82) is 5.26 Å². The highest BCUT2D eigenvalue weighted by molar-refractivity contribution is 5.94. The van der Waals surface area contributed by atoms with E-state index in [0.717, 1.165) is 0 Å². The number of H-pyrrole nitrogens is 1. The normalized spacial score (nSPS) is 10.8. The molecule has 0 spiro atoms. The summed E-state index contributed by atoms with van der Waals surface area (Å²) in [5, 5.41) is 36.2. The SMILES string of the molecule is N#CC(=CNc1ccc(C(=O)NCCO)cc1)c1nn[nH]n1. The number of nitriles is 1. The fraction of sp³-hybridized carbons (Fsp3) is 0.154. The molecule has 1 aromatic heterocycles. The maximum Gasteiger partial charge on any atom is 0.251 e. The van der Waals surface area contributed by atoms with Crippen molar-refractivity contribution >= 4 is 17.2 Å². The monoisotopic (exact) mass is 299 g/mol. The van der Waals surface area contributed by atoms with Crippen molar-refractivity contribution in [2.24, 2.45) is 0 Å². The summed E-state index contributed by atoms with van der Waals surface area (Å²) in [5.74, 6) is -0.0735. The molecule has 4 N–H and O–H groups in total. The van der Waals surface area contributed by atoms with Crippen molar-refractivity contribution in [2.75, 3.05) is 18.5 Å². The van der Waals surface area contributed by atoms with Crippen LogP contribution in [-0.4, -0.2) is 44.8 Å². The standard InChI is InChI=1S/C13H13N7O2/c14-7-10(12-17-19-20-18-12)8-16-11-3-1-9(2-4-11)13(22)15-5-6-21/h1-4,8,16,21H,5-6H2,(H,15,22)(H,17,18,19,20). The molecule has 0 fully saturated rings. The molecule has 0 aliphatic heterocycles. The van der Waals surface area contributed by atoms with Crippen LogP contribution in [0.4, 0.5) is 5.69 Å². The molecule has 0 saturated carbocycles. The Kier molecular flexibility index (Phi) is 5.17. The largest absolute Gasteiger partial charge is 0.395 e. The van der Waals surface area contributed by atoms with Gasteiger partial charge < -0.3 is 15.7 Å². The van der Waals surface area contributed by atoms with Gasteiger partial charge in [-0.1, -0.05) is 0 Å². The number of allylic oxidation sites excluding steroid dienone is 1. The summed E-state index contributed by atoms with van der Waals surface area (Å²) >= 11 is 0. The number of aliphatic hydroxyl groups excluding tert-OH is 1. The van der Waals surface area contributed by atoms with E-state index in [9.17, 15) is 4.79 Å². The van der Waals surface area contributed by atoms with E-state index in [0.29, 0.717) is 11.3 Å². The quantitative estimate of drug-likeness (QED) is 0.546. The van der Waals surface area contributed by atoms with Crippen LogP contribution in [0.1, 0.15) is 16.2 Å². The molecule has 22 heavy (non-hydrogen) atoms. The Morgan fingerprint density at radius 3 is 2.77 bits per heavy atom. The molecular formula is C13H13N7O2. The molecule has 0 aliphatic rings. The average Bonchev–Trinajstić information content (AvgIpc) is 3.08. The predicted octanol–water partition coefficient (Wildman–Crippen LogP) is -0.102. The lowest BCUT2D eigenvalue weighted by Gasteiger charge is -2.05. The number of hydrogen-bond acceptors (Lipinski definition) is 7. The Morgan fingerprint density at radius 1 is 1.41 bits per heavy atom. The van der Waals surface area contributed by atoms with Gasteiger partial charge in [-0.25, -0.2) is 0 Å². The summed E-state index contributed by atoms with van der Waals surface area (Å²) < 4.78 is 0. The number of nitrogens with one attached hydrogen (secondary N) is 3. The Hall–Kier alpha value is -3.25. The molecule has 1 amide bonds. The Morgan fingerprint density at radius 2 is 2.18 bits per heavy atom. The number of tetrazole rings is 1. The first-order valence-electron chi connectivity index (χ1n) is 6.34. The first kappa shape index (κ1) is 15.1. The summed E-state index contributed by atoms with van der Waals surface area (Å²) in [4.78, 5) is 11.7. The van der Waals surface area contributed by atoms with E-state index in [1.54, 1.807) is 24.3 Å². The molecule has 2 rings (SSSR count). The fourth-order valence-corrected chi connectivity index (χ4v) is 1.57. The number of aliphatic hydroxyl groups is 1. The first-order chi connectivity index (χ1) is 10.7. The van der Waals surface area contributed by atoms with Crippen LogP contribution in [0.15, 0.2) is 30.5 Å². The van der Waals surface area contributed by atoms with Crippen LogP contribution in [0.5, 0.6) is 0 Å². The van der Waals surface area contributed by atoms with E-state index >= 15 is 0 Å². The van der Waals surface area contributed by atoms with E-state index in [1.807, 2.05) is 6.07 Å². The molecular weight excluding hydrogens is 286 g/mol. The van der Waals surface area contributed by atoms with Crippen LogP contribution in [-0.2, 0) is 0 Å². The zero-order valence-corrected chi connectivity index (χ0v) is 11.4. The number of carbonyl (C=O) groups is 1. The van der Waals surface area contributed by atoms with Gasteiger partial charge in [0.05, 0.1) is 6.61 Å². The second-order valence-corrected chi connectivity index (χ2v) is 4.11. The molecule has 9 heteroatoms. The van der Waals surface area contributed by atoms with E-state index in [2.05, 4.69) is 31.3 Å². The number of amides is 1. The molecule has 0 aliphatic carbocycles. The zero-order valence-electron chi connectivity index (χ0n) is 11.4. The van der Waals surface area contributed by atoms with Crippen molar-refractivity contribution in [3.05, 3.63) is 41.9 Å². The van der Waals surface area contributed by atoms with Crippen molar-refractivity contribution in [3.8, 4) is 6.07 Å². The molecule has 2 aromatic rings. The fourth-order valence-electron chi connectivity index (χ4n) is 1.57. The lowest BCUT2D eigenvalue weighted by Crippen LogP contribution is -2.26. The van der Waals surface area contributed by atoms with E-state index < -0.39 is 0 Å². The smallest absolute Gasteiger partial charge is 0.251 e. The van der Waals surface area contributed by atoms with Gasteiger partial charge in [0, 0.05) is 24.0 Å². The highest BCUT2D eigenvalue weighted by atomic mass is 16.3. The third kappa shape index (κ3) is 3.87. The summed E-state index contributed by atoms with van der Waals surface area (Å²) in [6, 6.07) is 8.59.